The molecule has 0 spiro atoms. The van der Waals surface area contributed by atoms with Crippen LogP contribution in [0.1, 0.15) is 13.8 Å². The molecular formula is C6H8O2. The first kappa shape index (κ1) is 7.19. The second-order valence-electron chi connectivity index (χ2n) is 2.03. The van der Waals surface area contributed by atoms with Crippen LogP contribution in [0.5, 0.6) is 0 Å². The summed E-state index contributed by atoms with van der Waals surface area (Å²) in [5.74, 6) is 1.23. The standard InChI is InChI=1S/C6H8O2/c1-4-5(7)6(2,3)8/h1,8H,2-3H3. The highest BCUT2D eigenvalue weighted by Gasteiger charge is 2.20. The predicted octanol–water partition coefficient (Wildman–Crippen LogP) is -0.0404. The van der Waals surface area contributed by atoms with Crippen LogP contribution in [0.25, 0.3) is 0 Å². The van der Waals surface area contributed by atoms with Gasteiger partial charge < -0.3 is 5.11 Å². The van der Waals surface area contributed by atoms with Gasteiger partial charge in [0.15, 0.2) is 0 Å². The lowest BCUT2D eigenvalue weighted by molar-refractivity contribution is -0.127. The Kier molecular flexibility index (Phi) is 1.77. The highest BCUT2D eigenvalue weighted by molar-refractivity contribution is 6.00. The van der Waals surface area contributed by atoms with Crippen LogP contribution in [0.15, 0.2) is 0 Å². The van der Waals surface area contributed by atoms with Gasteiger partial charge in [-0.25, -0.2) is 0 Å². The van der Waals surface area contributed by atoms with Crippen molar-refractivity contribution in [1.29, 1.82) is 0 Å². The van der Waals surface area contributed by atoms with Crippen molar-refractivity contribution in [2.24, 2.45) is 0 Å². The first-order valence-corrected chi connectivity index (χ1v) is 2.22. The van der Waals surface area contributed by atoms with Gasteiger partial charge >= 0.3 is 0 Å². The lowest BCUT2D eigenvalue weighted by Gasteiger charge is -2.09. The number of ketones is 1. The zero-order valence-electron chi connectivity index (χ0n) is 4.93. The highest BCUT2D eigenvalue weighted by Crippen LogP contribution is 1.99. The molecule has 0 saturated carbocycles. The van der Waals surface area contributed by atoms with E-state index in [9.17, 15) is 4.79 Å². The minimum atomic E-state index is -1.37. The van der Waals surface area contributed by atoms with E-state index in [1.54, 1.807) is 0 Å². The van der Waals surface area contributed by atoms with E-state index in [1.807, 2.05) is 5.92 Å². The zero-order chi connectivity index (χ0) is 6.78. The number of carbonyl (C=O) groups is 1. The summed E-state index contributed by atoms with van der Waals surface area (Å²) in [6, 6.07) is 0. The molecule has 0 amide bonds. The number of rotatable bonds is 1. The lowest BCUT2D eigenvalue weighted by atomic mass is 10.1. The molecular weight excluding hydrogens is 104 g/mol. The smallest absolute Gasteiger partial charge is 0.236 e. The Morgan fingerprint density at radius 1 is 1.75 bits per heavy atom. The van der Waals surface area contributed by atoms with E-state index in [0.717, 1.165) is 0 Å². The third-order valence-corrected chi connectivity index (χ3v) is 0.687. The van der Waals surface area contributed by atoms with E-state index in [1.165, 1.54) is 13.8 Å². The molecule has 0 aliphatic heterocycles. The van der Waals surface area contributed by atoms with E-state index in [-0.39, 0.29) is 0 Å². The molecule has 0 heterocycles. The largest absolute Gasteiger partial charge is 0.382 e. The topological polar surface area (TPSA) is 37.3 Å². The Labute approximate surface area is 48.5 Å². The highest BCUT2D eigenvalue weighted by atomic mass is 16.3. The molecule has 1 N–H and O–H groups in total. The van der Waals surface area contributed by atoms with E-state index < -0.39 is 11.4 Å². The Morgan fingerprint density at radius 3 is 2.12 bits per heavy atom. The molecule has 0 rings (SSSR count). The molecule has 0 aromatic rings. The SMILES string of the molecule is C#CC(=O)C(C)(C)O. The van der Waals surface area contributed by atoms with E-state index in [4.69, 9.17) is 11.5 Å². The van der Waals surface area contributed by atoms with Crippen molar-refractivity contribution in [3.05, 3.63) is 0 Å². The average Bonchev–Trinajstić information content (AvgIpc) is 1.62. The molecule has 0 fully saturated rings. The number of Topliss-reactive ketones (excluding diaryl/α,β-unsaturated/α-hetero) is 1. The number of carbonyl (C=O) groups excluding carboxylic acids is 1. The Hall–Kier alpha value is -0.810. The van der Waals surface area contributed by atoms with Gasteiger partial charge in [-0.1, -0.05) is 0 Å². The van der Waals surface area contributed by atoms with Gasteiger partial charge in [-0.15, -0.1) is 6.42 Å². The first-order valence-electron chi connectivity index (χ1n) is 2.22. The van der Waals surface area contributed by atoms with Crippen LogP contribution < -0.4 is 0 Å². The zero-order valence-corrected chi connectivity index (χ0v) is 4.93. The van der Waals surface area contributed by atoms with Gasteiger partial charge in [-0.05, 0) is 19.8 Å². The molecule has 0 saturated heterocycles. The molecule has 0 atom stereocenters. The quantitative estimate of drug-likeness (QED) is 0.381. The van der Waals surface area contributed by atoms with Gasteiger partial charge in [-0.2, -0.15) is 0 Å². The molecule has 0 aromatic carbocycles. The van der Waals surface area contributed by atoms with Crippen LogP contribution in [-0.4, -0.2) is 16.5 Å². The Balaban J connectivity index is 4.09. The fraction of sp³-hybridized carbons (Fsp3) is 0.500. The van der Waals surface area contributed by atoms with Crippen LogP contribution >= 0.6 is 0 Å². The number of hydrogen-bond acceptors (Lipinski definition) is 2. The molecule has 2 heteroatoms. The number of terminal acetylenes is 1. The van der Waals surface area contributed by atoms with Gasteiger partial charge in [0, 0.05) is 0 Å². The van der Waals surface area contributed by atoms with Crippen molar-refractivity contribution in [2.45, 2.75) is 19.4 Å². The second kappa shape index (κ2) is 1.97. The van der Waals surface area contributed by atoms with Crippen LogP contribution in [0.2, 0.25) is 0 Å². The summed E-state index contributed by atoms with van der Waals surface area (Å²) in [7, 11) is 0. The van der Waals surface area contributed by atoms with Crippen LogP contribution in [0.3, 0.4) is 0 Å². The molecule has 2 nitrogen and oxygen atoms in total. The molecule has 0 aromatic heterocycles. The molecule has 0 bridgehead atoms. The summed E-state index contributed by atoms with van der Waals surface area (Å²) >= 11 is 0. The monoisotopic (exact) mass is 112 g/mol. The second-order valence-corrected chi connectivity index (χ2v) is 2.03. The summed E-state index contributed by atoms with van der Waals surface area (Å²) in [6.45, 7) is 2.71. The molecule has 0 unspecified atom stereocenters. The number of hydrogen-bond donors (Lipinski definition) is 1. The summed E-state index contributed by atoms with van der Waals surface area (Å²) in [4.78, 5) is 10.3. The minimum Gasteiger partial charge on any atom is -0.382 e. The van der Waals surface area contributed by atoms with Gasteiger partial charge in [0.2, 0.25) is 5.78 Å². The first-order chi connectivity index (χ1) is 3.48. The fourth-order valence-corrected chi connectivity index (χ4v) is 0.177. The van der Waals surface area contributed by atoms with Crippen molar-refractivity contribution in [3.8, 4) is 12.3 Å². The molecule has 8 heavy (non-hydrogen) atoms. The van der Waals surface area contributed by atoms with Crippen LogP contribution in [0, 0.1) is 12.3 Å². The maximum atomic E-state index is 10.3. The lowest BCUT2D eigenvalue weighted by Crippen LogP contribution is -2.29. The van der Waals surface area contributed by atoms with Crippen molar-refractivity contribution in [1.82, 2.24) is 0 Å². The van der Waals surface area contributed by atoms with Crippen molar-refractivity contribution in [2.75, 3.05) is 0 Å². The van der Waals surface area contributed by atoms with Crippen molar-refractivity contribution in [3.63, 3.8) is 0 Å². The maximum absolute atomic E-state index is 10.3. The summed E-state index contributed by atoms with van der Waals surface area (Å²) in [5.41, 5.74) is -1.37. The van der Waals surface area contributed by atoms with Crippen molar-refractivity contribution < 1.29 is 9.90 Å². The molecule has 0 aliphatic rings. The van der Waals surface area contributed by atoms with Gasteiger partial charge in [0.1, 0.15) is 5.60 Å². The molecule has 0 aliphatic carbocycles. The fourth-order valence-electron chi connectivity index (χ4n) is 0.177. The predicted molar refractivity (Wildman–Crippen MR) is 30.1 cm³/mol. The summed E-state index contributed by atoms with van der Waals surface area (Å²) < 4.78 is 0. The third kappa shape index (κ3) is 1.76. The maximum Gasteiger partial charge on any atom is 0.236 e. The van der Waals surface area contributed by atoms with Crippen LogP contribution in [0.4, 0.5) is 0 Å². The molecule has 0 radical (unpaired) electrons. The van der Waals surface area contributed by atoms with Gasteiger partial charge in [-0.3, -0.25) is 4.79 Å². The molecule has 44 valence electrons. The third-order valence-electron chi connectivity index (χ3n) is 0.687. The Morgan fingerprint density at radius 2 is 2.12 bits per heavy atom. The van der Waals surface area contributed by atoms with Crippen molar-refractivity contribution >= 4 is 5.78 Å². The van der Waals surface area contributed by atoms with Gasteiger partial charge in [0.05, 0.1) is 0 Å². The normalized spacial score (nSPS) is 10.2. The van der Waals surface area contributed by atoms with E-state index >= 15 is 0 Å². The average molecular weight is 112 g/mol. The summed E-state index contributed by atoms with van der Waals surface area (Å²) in [6.07, 6.45) is 4.70. The van der Waals surface area contributed by atoms with Gasteiger partial charge in [0.25, 0.3) is 0 Å². The van der Waals surface area contributed by atoms with E-state index in [2.05, 4.69) is 0 Å². The Bertz CT molecular complexity index is 134. The number of aliphatic hydroxyl groups is 1. The summed E-state index contributed by atoms with van der Waals surface area (Å²) in [5, 5.41) is 8.79. The van der Waals surface area contributed by atoms with Crippen LogP contribution in [-0.2, 0) is 4.79 Å². The van der Waals surface area contributed by atoms with E-state index in [0.29, 0.717) is 0 Å². The minimum absolute atomic E-state index is 0.586.